The van der Waals surface area contributed by atoms with E-state index in [4.69, 9.17) is 19.9 Å². The van der Waals surface area contributed by atoms with Crippen LogP contribution in [-0.4, -0.2) is 82.4 Å². The number of carbonyl (C=O) groups excluding carboxylic acids is 1. The Hall–Kier alpha value is -3.40. The van der Waals surface area contributed by atoms with Gasteiger partial charge in [-0.3, -0.25) is 4.79 Å². The zero-order chi connectivity index (χ0) is 21.9. The number of imidazole rings is 1. The van der Waals surface area contributed by atoms with E-state index in [9.17, 15) is 14.4 Å². The molecule has 1 amide bonds. The first kappa shape index (κ1) is 22.9. The number of hydrogen-bond acceptors (Lipinski definition) is 6. The summed E-state index contributed by atoms with van der Waals surface area (Å²) in [6, 6.07) is 8.18. The second kappa shape index (κ2) is 11.6. The van der Waals surface area contributed by atoms with E-state index in [-0.39, 0.29) is 0 Å². The number of piperazine rings is 1. The molecule has 0 unspecified atom stereocenters. The van der Waals surface area contributed by atoms with Gasteiger partial charge >= 0.3 is 11.9 Å². The number of carboxylic acid groups (broad SMARTS) is 2. The summed E-state index contributed by atoms with van der Waals surface area (Å²) in [7, 11) is 0. The van der Waals surface area contributed by atoms with Gasteiger partial charge in [-0.1, -0.05) is 12.1 Å². The first-order valence-corrected chi connectivity index (χ1v) is 9.57. The minimum Gasteiger partial charge on any atom is -0.478 e. The maximum Gasteiger partial charge on any atom is 0.328 e. The molecule has 1 fully saturated rings. The van der Waals surface area contributed by atoms with Crippen molar-refractivity contribution in [3.8, 4) is 0 Å². The number of benzene rings is 1. The first-order valence-electron chi connectivity index (χ1n) is 9.57. The summed E-state index contributed by atoms with van der Waals surface area (Å²) in [5.41, 5.74) is 2.14. The van der Waals surface area contributed by atoms with Crippen molar-refractivity contribution in [3.63, 3.8) is 0 Å². The van der Waals surface area contributed by atoms with Crippen molar-refractivity contribution in [1.29, 1.82) is 0 Å². The van der Waals surface area contributed by atoms with Crippen molar-refractivity contribution in [2.75, 3.05) is 44.3 Å². The summed E-state index contributed by atoms with van der Waals surface area (Å²) in [4.78, 5) is 38.8. The summed E-state index contributed by atoms with van der Waals surface area (Å²) in [5.74, 6) is -1.54. The Morgan fingerprint density at radius 1 is 1.10 bits per heavy atom. The fraction of sp³-hybridized carbons (Fsp3) is 0.400. The molecule has 0 aliphatic carbocycles. The number of carboxylic acids is 2. The lowest BCUT2D eigenvalue weighted by molar-refractivity contribution is -0.134. The maximum atomic E-state index is 10.9. The molecule has 2 N–H and O–H groups in total. The average molecular weight is 418 g/mol. The molecule has 0 saturated carbocycles. The van der Waals surface area contributed by atoms with E-state index in [2.05, 4.69) is 15.5 Å². The standard InChI is InChI=1S/C16H22N4O2.C4H4O4/c1-2-22-12-11-20-15-6-4-3-5-14(15)17-16(20)19-9-7-18(13-21)8-10-19;5-3(6)1-2-4(7)8/h3-6,13H,2,7-12H2,1H3;1-2H,(H,5,6)(H,7,8). The molecule has 162 valence electrons. The van der Waals surface area contributed by atoms with Gasteiger partial charge in [0.05, 0.1) is 17.6 Å². The highest BCUT2D eigenvalue weighted by atomic mass is 16.5. The lowest BCUT2D eigenvalue weighted by atomic mass is 10.3. The van der Waals surface area contributed by atoms with Crippen LogP contribution in [0.15, 0.2) is 36.4 Å². The highest BCUT2D eigenvalue weighted by molar-refractivity contribution is 5.89. The second-order valence-corrected chi connectivity index (χ2v) is 6.39. The molecule has 1 saturated heterocycles. The zero-order valence-electron chi connectivity index (χ0n) is 16.8. The van der Waals surface area contributed by atoms with Crippen LogP contribution < -0.4 is 4.90 Å². The highest BCUT2D eigenvalue weighted by Crippen LogP contribution is 2.23. The number of hydrogen-bond donors (Lipinski definition) is 2. The molecule has 1 aliphatic heterocycles. The molecule has 30 heavy (non-hydrogen) atoms. The van der Waals surface area contributed by atoms with Crippen LogP contribution in [0.25, 0.3) is 11.0 Å². The Morgan fingerprint density at radius 2 is 1.73 bits per heavy atom. The molecule has 3 rings (SSSR count). The van der Waals surface area contributed by atoms with E-state index in [0.717, 1.165) is 62.7 Å². The van der Waals surface area contributed by atoms with Crippen molar-refractivity contribution >= 4 is 35.3 Å². The fourth-order valence-electron chi connectivity index (χ4n) is 2.99. The Balaban J connectivity index is 0.000000343. The molecule has 1 aromatic heterocycles. The monoisotopic (exact) mass is 418 g/mol. The number of aromatic nitrogens is 2. The van der Waals surface area contributed by atoms with Gasteiger partial charge in [0, 0.05) is 51.5 Å². The van der Waals surface area contributed by atoms with Gasteiger partial charge in [-0.2, -0.15) is 0 Å². The van der Waals surface area contributed by atoms with Gasteiger partial charge in [-0.15, -0.1) is 0 Å². The van der Waals surface area contributed by atoms with Gasteiger partial charge in [0.2, 0.25) is 12.4 Å². The maximum absolute atomic E-state index is 10.9. The number of aliphatic carboxylic acids is 2. The Bertz CT molecular complexity index is 871. The van der Waals surface area contributed by atoms with Crippen molar-refractivity contribution in [2.24, 2.45) is 0 Å². The van der Waals surface area contributed by atoms with E-state index < -0.39 is 11.9 Å². The summed E-state index contributed by atoms with van der Waals surface area (Å²) in [6.45, 7) is 7.32. The van der Waals surface area contributed by atoms with Crippen LogP contribution >= 0.6 is 0 Å². The molecule has 0 bridgehead atoms. The van der Waals surface area contributed by atoms with Crippen LogP contribution in [0.2, 0.25) is 0 Å². The minimum absolute atomic E-state index is 0.558. The van der Waals surface area contributed by atoms with Gasteiger partial charge in [0.15, 0.2) is 0 Å². The van der Waals surface area contributed by atoms with E-state index in [1.807, 2.05) is 30.0 Å². The Kier molecular flexibility index (Phi) is 8.82. The number of nitrogens with zero attached hydrogens (tertiary/aromatic N) is 4. The molecule has 1 aliphatic rings. The lowest BCUT2D eigenvalue weighted by Gasteiger charge is -2.33. The fourth-order valence-corrected chi connectivity index (χ4v) is 2.99. The molecule has 2 heterocycles. The average Bonchev–Trinajstić information content (AvgIpc) is 3.12. The van der Waals surface area contributed by atoms with E-state index in [1.165, 1.54) is 0 Å². The zero-order valence-corrected chi connectivity index (χ0v) is 16.8. The number of para-hydroxylation sites is 2. The topological polar surface area (TPSA) is 125 Å². The number of anilines is 1. The third-order valence-electron chi connectivity index (χ3n) is 4.41. The molecule has 1 aromatic carbocycles. The van der Waals surface area contributed by atoms with Gasteiger partial charge < -0.3 is 29.3 Å². The molecule has 0 spiro atoms. The number of rotatable bonds is 8. The van der Waals surface area contributed by atoms with E-state index >= 15 is 0 Å². The van der Waals surface area contributed by atoms with E-state index in [0.29, 0.717) is 18.8 Å². The Morgan fingerprint density at radius 3 is 2.30 bits per heavy atom. The van der Waals surface area contributed by atoms with Crippen LogP contribution in [0, 0.1) is 0 Å². The predicted octanol–water partition coefficient (Wildman–Crippen LogP) is 1.06. The summed E-state index contributed by atoms with van der Waals surface area (Å²) >= 11 is 0. The van der Waals surface area contributed by atoms with Gasteiger partial charge in [0.1, 0.15) is 0 Å². The van der Waals surface area contributed by atoms with Crippen molar-refractivity contribution in [1.82, 2.24) is 14.5 Å². The molecular weight excluding hydrogens is 392 g/mol. The summed E-state index contributed by atoms with van der Waals surface area (Å²) in [5, 5.41) is 15.6. The van der Waals surface area contributed by atoms with Crippen molar-refractivity contribution in [2.45, 2.75) is 13.5 Å². The predicted molar refractivity (Wildman–Crippen MR) is 110 cm³/mol. The molecular formula is C20H26N4O6. The summed E-state index contributed by atoms with van der Waals surface area (Å²) < 4.78 is 7.73. The lowest BCUT2D eigenvalue weighted by Crippen LogP contribution is -2.46. The van der Waals surface area contributed by atoms with Gasteiger partial charge in [-0.05, 0) is 19.1 Å². The van der Waals surface area contributed by atoms with Crippen molar-refractivity contribution in [3.05, 3.63) is 36.4 Å². The minimum atomic E-state index is -1.26. The first-order chi connectivity index (χ1) is 14.5. The van der Waals surface area contributed by atoms with Gasteiger partial charge in [0.25, 0.3) is 0 Å². The highest BCUT2D eigenvalue weighted by Gasteiger charge is 2.21. The molecule has 2 aromatic rings. The van der Waals surface area contributed by atoms with Crippen LogP contribution in [0.4, 0.5) is 5.95 Å². The summed E-state index contributed by atoms with van der Waals surface area (Å²) in [6.07, 6.45) is 2.04. The number of carbonyl (C=O) groups is 3. The third-order valence-corrected chi connectivity index (χ3v) is 4.41. The molecule has 0 atom stereocenters. The van der Waals surface area contributed by atoms with Crippen molar-refractivity contribution < 1.29 is 29.3 Å². The molecule has 10 nitrogen and oxygen atoms in total. The van der Waals surface area contributed by atoms with Crippen LogP contribution in [0.1, 0.15) is 6.92 Å². The van der Waals surface area contributed by atoms with Crippen LogP contribution in [-0.2, 0) is 25.7 Å². The third kappa shape index (κ3) is 6.59. The number of ether oxygens (including phenoxy) is 1. The van der Waals surface area contributed by atoms with Crippen LogP contribution in [0.3, 0.4) is 0 Å². The number of fused-ring (bicyclic) bond motifs is 1. The van der Waals surface area contributed by atoms with E-state index in [1.54, 1.807) is 0 Å². The second-order valence-electron chi connectivity index (χ2n) is 6.39. The largest absolute Gasteiger partial charge is 0.478 e. The van der Waals surface area contributed by atoms with Gasteiger partial charge in [-0.25, -0.2) is 14.6 Å². The quantitative estimate of drug-likeness (QED) is 0.370. The SMILES string of the molecule is CCOCCn1c(N2CCN(C=O)CC2)nc2ccccc21.O=C(O)C=CC(=O)O. The number of amides is 1. The Labute approximate surface area is 174 Å². The normalized spacial score (nSPS) is 13.9. The smallest absolute Gasteiger partial charge is 0.328 e. The molecule has 10 heteroatoms. The molecule has 0 radical (unpaired) electrons. The van der Waals surface area contributed by atoms with Crippen LogP contribution in [0.5, 0.6) is 0 Å².